The van der Waals surface area contributed by atoms with E-state index in [-0.39, 0.29) is 16.5 Å². The number of rotatable bonds is 8. The summed E-state index contributed by atoms with van der Waals surface area (Å²) in [5, 5.41) is -0.276. The number of ether oxygens (including phenoxy) is 3. The lowest BCUT2D eigenvalue weighted by Crippen LogP contribution is -2.30. The number of nitrogens with zero attached hydrogens (tertiary/aromatic N) is 1. The molecule has 9 heteroatoms. The smallest absolute Gasteiger partial charge is 0.264 e. The fourth-order valence-electron chi connectivity index (χ4n) is 2.97. The molecule has 0 aliphatic rings. The molecule has 0 aliphatic carbocycles. The molecule has 0 heterocycles. The first-order valence-electron chi connectivity index (χ1n) is 9.13. The van der Waals surface area contributed by atoms with E-state index in [1.807, 2.05) is 0 Å². The molecule has 0 aliphatic heterocycles. The normalized spacial score (nSPS) is 11.1. The molecular weight excluding hydrogens is 445 g/mol. The van der Waals surface area contributed by atoms with E-state index in [2.05, 4.69) is 0 Å². The zero-order chi connectivity index (χ0) is 22.6. The molecule has 0 bridgehead atoms. The van der Waals surface area contributed by atoms with Gasteiger partial charge in [-0.25, -0.2) is 12.8 Å². The molecule has 0 saturated heterocycles. The van der Waals surface area contributed by atoms with Crippen molar-refractivity contribution in [3.63, 3.8) is 0 Å². The minimum atomic E-state index is -4.08. The topological polar surface area (TPSA) is 65.1 Å². The van der Waals surface area contributed by atoms with Crippen LogP contribution >= 0.6 is 11.6 Å². The zero-order valence-electron chi connectivity index (χ0n) is 17.1. The van der Waals surface area contributed by atoms with Crippen molar-refractivity contribution in [3.05, 3.63) is 77.1 Å². The van der Waals surface area contributed by atoms with E-state index in [4.69, 9.17) is 25.8 Å². The van der Waals surface area contributed by atoms with Crippen molar-refractivity contribution in [1.29, 1.82) is 0 Å². The Balaban J connectivity index is 2.09. The molecule has 0 aromatic heterocycles. The first kappa shape index (κ1) is 22.7. The highest BCUT2D eigenvalue weighted by molar-refractivity contribution is 7.92. The molecule has 31 heavy (non-hydrogen) atoms. The van der Waals surface area contributed by atoms with Crippen molar-refractivity contribution in [2.24, 2.45) is 0 Å². The summed E-state index contributed by atoms with van der Waals surface area (Å²) in [6.07, 6.45) is 0. The molecule has 3 aromatic carbocycles. The third-order valence-electron chi connectivity index (χ3n) is 4.61. The van der Waals surface area contributed by atoms with Crippen LogP contribution in [0.15, 0.2) is 65.6 Å². The summed E-state index contributed by atoms with van der Waals surface area (Å²) >= 11 is 5.84. The molecule has 0 N–H and O–H groups in total. The molecule has 0 spiro atoms. The lowest BCUT2D eigenvalue weighted by molar-refractivity contribution is 0.354. The second-order valence-electron chi connectivity index (χ2n) is 6.47. The Morgan fingerprint density at radius 3 is 2.13 bits per heavy atom. The van der Waals surface area contributed by atoms with Crippen LogP contribution in [0.4, 0.5) is 10.1 Å². The Hall–Kier alpha value is -2.97. The maximum atomic E-state index is 13.6. The Morgan fingerprint density at radius 1 is 0.871 bits per heavy atom. The number of anilines is 1. The summed E-state index contributed by atoms with van der Waals surface area (Å²) in [5.74, 6) is 0.876. The van der Waals surface area contributed by atoms with Crippen LogP contribution in [0.3, 0.4) is 0 Å². The third-order valence-corrected chi connectivity index (χ3v) is 6.67. The summed E-state index contributed by atoms with van der Waals surface area (Å²) in [6.45, 7) is -0.00991. The van der Waals surface area contributed by atoms with Crippen LogP contribution in [-0.2, 0) is 16.6 Å². The second-order valence-corrected chi connectivity index (χ2v) is 8.74. The highest BCUT2D eigenvalue weighted by Crippen LogP contribution is 2.32. The quantitative estimate of drug-likeness (QED) is 0.473. The van der Waals surface area contributed by atoms with Gasteiger partial charge in [0.15, 0.2) is 11.5 Å². The van der Waals surface area contributed by atoms with Gasteiger partial charge in [0, 0.05) is 0 Å². The summed E-state index contributed by atoms with van der Waals surface area (Å²) in [7, 11) is 0.462. The molecule has 0 amide bonds. The van der Waals surface area contributed by atoms with Gasteiger partial charge >= 0.3 is 0 Å². The Bertz CT molecular complexity index is 1170. The van der Waals surface area contributed by atoms with E-state index in [9.17, 15) is 12.8 Å². The summed E-state index contributed by atoms with van der Waals surface area (Å²) in [6, 6.07) is 15.0. The summed E-state index contributed by atoms with van der Waals surface area (Å²) < 4.78 is 57.5. The lowest BCUT2D eigenvalue weighted by Gasteiger charge is -2.25. The van der Waals surface area contributed by atoms with Crippen molar-refractivity contribution >= 4 is 27.3 Å². The summed E-state index contributed by atoms with van der Waals surface area (Å²) in [4.78, 5) is -0.129. The molecule has 6 nitrogen and oxygen atoms in total. The molecule has 0 atom stereocenters. The van der Waals surface area contributed by atoms with Crippen LogP contribution in [0.2, 0.25) is 5.02 Å². The minimum absolute atomic E-state index is 0.00991. The van der Waals surface area contributed by atoms with E-state index in [1.165, 1.54) is 31.7 Å². The second kappa shape index (κ2) is 9.45. The maximum Gasteiger partial charge on any atom is 0.264 e. The number of methoxy groups -OCH3 is 3. The highest BCUT2D eigenvalue weighted by atomic mass is 35.5. The number of halogens is 2. The number of hydrogen-bond acceptors (Lipinski definition) is 5. The van der Waals surface area contributed by atoms with Crippen LogP contribution in [0, 0.1) is 5.82 Å². The van der Waals surface area contributed by atoms with Gasteiger partial charge in [0.05, 0.1) is 43.5 Å². The molecule has 0 radical (unpaired) electrons. The largest absolute Gasteiger partial charge is 0.497 e. The van der Waals surface area contributed by atoms with E-state index >= 15 is 0 Å². The van der Waals surface area contributed by atoms with E-state index in [0.29, 0.717) is 28.5 Å². The number of sulfonamides is 1. The number of benzene rings is 3. The van der Waals surface area contributed by atoms with E-state index < -0.39 is 15.8 Å². The fourth-order valence-corrected chi connectivity index (χ4v) is 4.70. The van der Waals surface area contributed by atoms with Crippen LogP contribution in [0.1, 0.15) is 5.56 Å². The summed E-state index contributed by atoms with van der Waals surface area (Å²) in [5.41, 5.74) is 1.06. The van der Waals surface area contributed by atoms with Gasteiger partial charge in [0.1, 0.15) is 11.6 Å². The monoisotopic (exact) mass is 465 g/mol. The number of hydrogen-bond donors (Lipinski definition) is 0. The van der Waals surface area contributed by atoms with Gasteiger partial charge in [-0.1, -0.05) is 17.7 Å². The van der Waals surface area contributed by atoms with Gasteiger partial charge in [-0.3, -0.25) is 4.31 Å². The highest BCUT2D eigenvalue weighted by Gasteiger charge is 2.26. The van der Waals surface area contributed by atoms with E-state index in [1.54, 1.807) is 42.5 Å². The predicted octanol–water partition coefficient (Wildman–Crippen LogP) is 4.90. The average Bonchev–Trinajstić information content (AvgIpc) is 2.79. The molecule has 0 saturated carbocycles. The Labute approximate surface area is 185 Å². The first-order chi connectivity index (χ1) is 14.8. The van der Waals surface area contributed by atoms with Crippen molar-refractivity contribution in [2.75, 3.05) is 25.6 Å². The van der Waals surface area contributed by atoms with Crippen molar-refractivity contribution in [2.45, 2.75) is 11.4 Å². The fraction of sp³-hybridized carbons (Fsp3) is 0.182. The van der Waals surface area contributed by atoms with E-state index in [0.717, 1.165) is 12.1 Å². The lowest BCUT2D eigenvalue weighted by atomic mass is 10.2. The predicted molar refractivity (Wildman–Crippen MR) is 117 cm³/mol. The maximum absolute atomic E-state index is 13.6. The van der Waals surface area contributed by atoms with Gasteiger partial charge in [0.2, 0.25) is 0 Å². The van der Waals surface area contributed by atoms with Gasteiger partial charge in [-0.2, -0.15) is 0 Å². The van der Waals surface area contributed by atoms with Crippen LogP contribution < -0.4 is 18.5 Å². The zero-order valence-corrected chi connectivity index (χ0v) is 18.7. The third kappa shape index (κ3) is 4.86. The average molecular weight is 466 g/mol. The molecule has 0 unspecified atom stereocenters. The molecule has 0 fully saturated rings. The van der Waals surface area contributed by atoms with Crippen molar-refractivity contribution in [3.8, 4) is 17.2 Å². The first-order valence-corrected chi connectivity index (χ1v) is 10.9. The van der Waals surface area contributed by atoms with Gasteiger partial charge in [0.25, 0.3) is 10.0 Å². The standard InChI is InChI=1S/C22H21ClFNO5S/c1-28-17-7-5-16(6-8-17)25(14-15-4-11-21(29-2)22(12-15)30-3)31(26,27)18-9-10-20(24)19(23)13-18/h4-13H,14H2,1-3H3. The van der Waals surface area contributed by atoms with Crippen molar-refractivity contribution in [1.82, 2.24) is 0 Å². The van der Waals surface area contributed by atoms with Gasteiger partial charge in [-0.15, -0.1) is 0 Å². The van der Waals surface area contributed by atoms with Gasteiger partial charge < -0.3 is 14.2 Å². The van der Waals surface area contributed by atoms with Crippen LogP contribution in [0.5, 0.6) is 17.2 Å². The SMILES string of the molecule is COc1ccc(N(Cc2ccc(OC)c(OC)c2)S(=O)(=O)c2ccc(F)c(Cl)c2)cc1. The molecule has 164 valence electrons. The molecule has 3 rings (SSSR count). The minimum Gasteiger partial charge on any atom is -0.497 e. The van der Waals surface area contributed by atoms with Crippen LogP contribution in [-0.4, -0.2) is 29.7 Å². The Morgan fingerprint density at radius 2 is 1.55 bits per heavy atom. The van der Waals surface area contributed by atoms with Gasteiger partial charge in [-0.05, 0) is 60.2 Å². The molecule has 3 aromatic rings. The molecular formula is C22H21ClFNO5S. The van der Waals surface area contributed by atoms with Crippen molar-refractivity contribution < 1.29 is 27.0 Å². The van der Waals surface area contributed by atoms with Crippen LogP contribution in [0.25, 0.3) is 0 Å². The Kier molecular flexibility index (Phi) is 6.92.